The molecular weight excluding hydrogens is 208 g/mol. The Labute approximate surface area is 105 Å². The first-order valence-electron chi connectivity index (χ1n) is 6.83. The van der Waals surface area contributed by atoms with Gasteiger partial charge in [0.2, 0.25) is 0 Å². The Bertz CT molecular complexity index is 323. The lowest BCUT2D eigenvalue weighted by Crippen LogP contribution is -2.32. The van der Waals surface area contributed by atoms with Gasteiger partial charge in [-0.2, -0.15) is 0 Å². The molecule has 1 aliphatic rings. The third kappa shape index (κ3) is 3.47. The van der Waals surface area contributed by atoms with Crippen LogP contribution in [0.1, 0.15) is 31.7 Å². The van der Waals surface area contributed by atoms with Crippen LogP contribution in [-0.2, 0) is 6.42 Å². The normalized spacial score (nSPS) is 17.4. The van der Waals surface area contributed by atoms with E-state index in [4.69, 9.17) is 5.73 Å². The van der Waals surface area contributed by atoms with Gasteiger partial charge in [-0.15, -0.1) is 0 Å². The maximum atomic E-state index is 5.53. The summed E-state index contributed by atoms with van der Waals surface area (Å²) in [7, 11) is 0. The Kier molecular flexibility index (Phi) is 4.43. The van der Waals surface area contributed by atoms with Crippen LogP contribution in [0.5, 0.6) is 0 Å². The number of nitrogens with two attached hydrogens (primary N) is 1. The molecule has 1 heterocycles. The van der Waals surface area contributed by atoms with E-state index in [9.17, 15) is 0 Å². The van der Waals surface area contributed by atoms with Gasteiger partial charge in [0.1, 0.15) is 0 Å². The third-order valence-corrected chi connectivity index (χ3v) is 3.75. The van der Waals surface area contributed by atoms with Crippen molar-refractivity contribution < 1.29 is 0 Å². The van der Waals surface area contributed by atoms with Gasteiger partial charge in [0.15, 0.2) is 0 Å². The Morgan fingerprint density at radius 2 is 1.82 bits per heavy atom. The minimum Gasteiger partial charge on any atom is -0.372 e. The van der Waals surface area contributed by atoms with Gasteiger partial charge >= 0.3 is 0 Å². The van der Waals surface area contributed by atoms with Crippen LogP contribution in [0.2, 0.25) is 0 Å². The monoisotopic (exact) mass is 232 g/mol. The molecule has 0 radical (unpaired) electrons. The fraction of sp³-hybridized carbons (Fsp3) is 0.600. The van der Waals surface area contributed by atoms with Crippen LogP contribution in [-0.4, -0.2) is 19.6 Å². The number of benzene rings is 1. The molecule has 1 fully saturated rings. The topological polar surface area (TPSA) is 29.3 Å². The molecule has 1 aliphatic heterocycles. The van der Waals surface area contributed by atoms with Crippen LogP contribution in [0.3, 0.4) is 0 Å². The molecule has 94 valence electrons. The molecule has 0 bridgehead atoms. The SMILES string of the molecule is CC1CCN(c2ccc(CCCN)cc2)CC1. The lowest BCUT2D eigenvalue weighted by atomic mass is 9.98. The van der Waals surface area contributed by atoms with E-state index >= 15 is 0 Å². The first kappa shape index (κ1) is 12.4. The zero-order valence-electron chi connectivity index (χ0n) is 10.9. The molecule has 2 rings (SSSR count). The maximum Gasteiger partial charge on any atom is 0.0366 e. The Hall–Kier alpha value is -1.02. The van der Waals surface area contributed by atoms with Gasteiger partial charge in [0, 0.05) is 18.8 Å². The van der Waals surface area contributed by atoms with Crippen LogP contribution in [0.15, 0.2) is 24.3 Å². The molecule has 17 heavy (non-hydrogen) atoms. The largest absolute Gasteiger partial charge is 0.372 e. The molecule has 1 aromatic carbocycles. The number of anilines is 1. The number of piperidine rings is 1. The summed E-state index contributed by atoms with van der Waals surface area (Å²) in [4.78, 5) is 2.51. The van der Waals surface area contributed by atoms with Crippen LogP contribution < -0.4 is 10.6 Å². The van der Waals surface area contributed by atoms with Gasteiger partial charge in [0.05, 0.1) is 0 Å². The van der Waals surface area contributed by atoms with E-state index in [1.165, 1.54) is 37.2 Å². The average Bonchev–Trinajstić information content (AvgIpc) is 2.38. The number of rotatable bonds is 4. The maximum absolute atomic E-state index is 5.53. The zero-order chi connectivity index (χ0) is 12.1. The summed E-state index contributed by atoms with van der Waals surface area (Å²) in [6, 6.07) is 9.04. The number of hydrogen-bond acceptors (Lipinski definition) is 2. The number of nitrogens with zero attached hydrogens (tertiary/aromatic N) is 1. The highest BCUT2D eigenvalue weighted by atomic mass is 15.1. The Morgan fingerprint density at radius 1 is 1.18 bits per heavy atom. The summed E-state index contributed by atoms with van der Waals surface area (Å²) >= 11 is 0. The molecule has 2 N–H and O–H groups in total. The zero-order valence-corrected chi connectivity index (χ0v) is 10.9. The summed E-state index contributed by atoms with van der Waals surface area (Å²) in [5, 5.41) is 0. The second kappa shape index (κ2) is 6.06. The highest BCUT2D eigenvalue weighted by Crippen LogP contribution is 2.23. The van der Waals surface area contributed by atoms with Crippen LogP contribution in [0.4, 0.5) is 5.69 Å². The molecule has 0 spiro atoms. The number of aryl methyl sites for hydroxylation is 1. The van der Waals surface area contributed by atoms with E-state index < -0.39 is 0 Å². The van der Waals surface area contributed by atoms with Crippen molar-refractivity contribution in [3.8, 4) is 0 Å². The minimum atomic E-state index is 0.783. The molecule has 0 amide bonds. The van der Waals surface area contributed by atoms with Crippen molar-refractivity contribution in [1.82, 2.24) is 0 Å². The van der Waals surface area contributed by atoms with E-state index in [-0.39, 0.29) is 0 Å². The second-order valence-electron chi connectivity index (χ2n) is 5.23. The molecule has 1 aromatic rings. The molecule has 1 saturated heterocycles. The van der Waals surface area contributed by atoms with Crippen LogP contribution in [0.25, 0.3) is 0 Å². The molecule has 0 saturated carbocycles. The second-order valence-corrected chi connectivity index (χ2v) is 5.23. The first-order chi connectivity index (χ1) is 8.29. The molecule has 0 aliphatic carbocycles. The predicted octanol–water partition coefficient (Wildman–Crippen LogP) is 2.81. The highest BCUT2D eigenvalue weighted by Gasteiger charge is 2.15. The van der Waals surface area contributed by atoms with E-state index in [1.807, 2.05) is 0 Å². The summed E-state index contributed by atoms with van der Waals surface area (Å²) in [6.45, 7) is 5.56. The van der Waals surface area contributed by atoms with E-state index in [2.05, 4.69) is 36.1 Å². The van der Waals surface area contributed by atoms with Gasteiger partial charge in [-0.05, 0) is 55.8 Å². The van der Waals surface area contributed by atoms with Crippen LogP contribution >= 0.6 is 0 Å². The molecule has 0 atom stereocenters. The van der Waals surface area contributed by atoms with E-state index in [1.54, 1.807) is 0 Å². The van der Waals surface area contributed by atoms with Crippen molar-refractivity contribution in [3.63, 3.8) is 0 Å². The highest BCUT2D eigenvalue weighted by molar-refractivity contribution is 5.47. The van der Waals surface area contributed by atoms with Gasteiger partial charge in [-0.3, -0.25) is 0 Å². The fourth-order valence-corrected chi connectivity index (χ4v) is 2.45. The Morgan fingerprint density at radius 3 is 2.41 bits per heavy atom. The van der Waals surface area contributed by atoms with Gasteiger partial charge in [-0.25, -0.2) is 0 Å². The van der Waals surface area contributed by atoms with E-state index in [0.717, 1.165) is 25.3 Å². The van der Waals surface area contributed by atoms with Gasteiger partial charge < -0.3 is 10.6 Å². The van der Waals surface area contributed by atoms with Crippen molar-refractivity contribution in [1.29, 1.82) is 0 Å². The van der Waals surface area contributed by atoms with Crippen molar-refractivity contribution in [2.45, 2.75) is 32.6 Å². The Balaban J connectivity index is 1.93. The lowest BCUT2D eigenvalue weighted by Gasteiger charge is -2.32. The summed E-state index contributed by atoms with van der Waals surface area (Å²) in [5.74, 6) is 0.898. The fourth-order valence-electron chi connectivity index (χ4n) is 2.45. The molecule has 0 aromatic heterocycles. The van der Waals surface area contributed by atoms with Crippen molar-refractivity contribution in [3.05, 3.63) is 29.8 Å². The molecule has 2 heteroatoms. The van der Waals surface area contributed by atoms with Gasteiger partial charge in [-0.1, -0.05) is 19.1 Å². The standard InChI is InChI=1S/C15H24N2/c1-13-8-11-17(12-9-13)15-6-4-14(5-7-15)3-2-10-16/h4-7,13H,2-3,8-12,16H2,1H3. The van der Waals surface area contributed by atoms with Crippen molar-refractivity contribution in [2.75, 3.05) is 24.5 Å². The quantitative estimate of drug-likeness (QED) is 0.865. The first-order valence-corrected chi connectivity index (χ1v) is 6.83. The summed E-state index contributed by atoms with van der Waals surface area (Å²) < 4.78 is 0. The average molecular weight is 232 g/mol. The molecular formula is C15H24N2. The van der Waals surface area contributed by atoms with Gasteiger partial charge in [0.25, 0.3) is 0 Å². The van der Waals surface area contributed by atoms with Crippen molar-refractivity contribution >= 4 is 5.69 Å². The summed E-state index contributed by atoms with van der Waals surface area (Å²) in [6.07, 6.45) is 4.85. The smallest absolute Gasteiger partial charge is 0.0366 e. The third-order valence-electron chi connectivity index (χ3n) is 3.75. The van der Waals surface area contributed by atoms with Crippen molar-refractivity contribution in [2.24, 2.45) is 11.7 Å². The lowest BCUT2D eigenvalue weighted by molar-refractivity contribution is 0.438. The minimum absolute atomic E-state index is 0.783. The number of hydrogen-bond donors (Lipinski definition) is 1. The van der Waals surface area contributed by atoms with E-state index in [0.29, 0.717) is 0 Å². The molecule has 0 unspecified atom stereocenters. The molecule has 2 nitrogen and oxygen atoms in total. The predicted molar refractivity (Wildman–Crippen MR) is 74.4 cm³/mol. The van der Waals surface area contributed by atoms with Crippen LogP contribution in [0, 0.1) is 5.92 Å². The summed E-state index contributed by atoms with van der Waals surface area (Å²) in [5.41, 5.74) is 8.32.